The van der Waals surface area contributed by atoms with Gasteiger partial charge in [0.05, 0.1) is 25.7 Å². The van der Waals surface area contributed by atoms with E-state index in [1.165, 1.54) is 10.6 Å². The Kier molecular flexibility index (Phi) is 4.95. The van der Waals surface area contributed by atoms with Crippen molar-refractivity contribution in [2.75, 3.05) is 38.8 Å². The zero-order valence-corrected chi connectivity index (χ0v) is 13.2. The summed E-state index contributed by atoms with van der Waals surface area (Å²) in [7, 11) is -1.54. The highest BCUT2D eigenvalue weighted by Gasteiger charge is 2.26. The molecule has 0 bridgehead atoms. The predicted octanol–water partition coefficient (Wildman–Crippen LogP) is 1.33. The van der Waals surface area contributed by atoms with Crippen LogP contribution >= 0.6 is 0 Å². The maximum absolute atomic E-state index is 11.6. The molecular formula is C14H22N2O4S. The van der Waals surface area contributed by atoms with Crippen LogP contribution in [0.5, 0.6) is 11.5 Å². The van der Waals surface area contributed by atoms with Crippen LogP contribution in [0.25, 0.3) is 0 Å². The third-order valence-electron chi connectivity index (χ3n) is 3.65. The van der Waals surface area contributed by atoms with Gasteiger partial charge in [-0.15, -0.1) is 0 Å². The van der Waals surface area contributed by atoms with Gasteiger partial charge in [0.2, 0.25) is 10.0 Å². The van der Waals surface area contributed by atoms with Crippen molar-refractivity contribution in [3.05, 3.63) is 18.2 Å². The molecule has 0 amide bonds. The Hall–Kier alpha value is -1.47. The normalized spacial score (nSPS) is 20.2. The van der Waals surface area contributed by atoms with Crippen molar-refractivity contribution in [1.29, 1.82) is 0 Å². The van der Waals surface area contributed by atoms with Crippen molar-refractivity contribution in [2.24, 2.45) is 5.92 Å². The first-order valence-electron chi connectivity index (χ1n) is 6.91. The first kappa shape index (κ1) is 15.9. The number of hydrogen-bond donors (Lipinski definition) is 1. The molecule has 0 radical (unpaired) electrons. The molecule has 1 aliphatic heterocycles. The third kappa shape index (κ3) is 4.25. The second-order valence-electron chi connectivity index (χ2n) is 5.34. The van der Waals surface area contributed by atoms with Gasteiger partial charge in [-0.3, -0.25) is 0 Å². The number of hydrogen-bond acceptors (Lipinski definition) is 5. The summed E-state index contributed by atoms with van der Waals surface area (Å²) in [6.07, 6.45) is 3.06. The number of rotatable bonds is 5. The minimum atomic E-state index is -3.13. The van der Waals surface area contributed by atoms with Gasteiger partial charge in [-0.05, 0) is 25.0 Å². The van der Waals surface area contributed by atoms with Gasteiger partial charge in [0, 0.05) is 25.1 Å². The van der Waals surface area contributed by atoms with E-state index in [0.29, 0.717) is 36.9 Å². The number of piperidine rings is 1. The van der Waals surface area contributed by atoms with Crippen LogP contribution in [0.3, 0.4) is 0 Å². The Morgan fingerprint density at radius 2 is 2.19 bits per heavy atom. The van der Waals surface area contributed by atoms with E-state index in [1.807, 2.05) is 0 Å². The van der Waals surface area contributed by atoms with E-state index < -0.39 is 10.0 Å². The fraction of sp³-hybridized carbons (Fsp3) is 0.571. The molecule has 7 heteroatoms. The van der Waals surface area contributed by atoms with E-state index in [9.17, 15) is 8.42 Å². The molecule has 1 saturated heterocycles. The lowest BCUT2D eigenvalue weighted by atomic mass is 10.0. The Labute approximate surface area is 125 Å². The lowest BCUT2D eigenvalue weighted by Gasteiger charge is -2.30. The molecule has 1 atom stereocenters. The van der Waals surface area contributed by atoms with E-state index in [1.54, 1.807) is 25.3 Å². The molecule has 0 saturated carbocycles. The van der Waals surface area contributed by atoms with Crippen LogP contribution in [0.1, 0.15) is 12.8 Å². The zero-order chi connectivity index (χ0) is 15.5. The Balaban J connectivity index is 1.97. The minimum Gasteiger partial charge on any atom is -0.497 e. The maximum Gasteiger partial charge on any atom is 0.211 e. The van der Waals surface area contributed by atoms with Crippen LogP contribution in [0.2, 0.25) is 0 Å². The van der Waals surface area contributed by atoms with E-state index in [2.05, 4.69) is 0 Å². The lowest BCUT2D eigenvalue weighted by Crippen LogP contribution is -2.40. The van der Waals surface area contributed by atoms with Gasteiger partial charge in [0.15, 0.2) is 0 Å². The summed E-state index contributed by atoms with van der Waals surface area (Å²) >= 11 is 0. The van der Waals surface area contributed by atoms with Gasteiger partial charge in [0.1, 0.15) is 11.5 Å². The summed E-state index contributed by atoms with van der Waals surface area (Å²) in [5.41, 5.74) is 6.42. The van der Waals surface area contributed by atoms with Gasteiger partial charge in [-0.1, -0.05) is 0 Å². The maximum atomic E-state index is 11.6. The second-order valence-corrected chi connectivity index (χ2v) is 7.33. The molecule has 2 N–H and O–H groups in total. The summed E-state index contributed by atoms with van der Waals surface area (Å²) in [6.45, 7) is 1.54. The first-order valence-corrected chi connectivity index (χ1v) is 8.76. The molecular weight excluding hydrogens is 292 g/mol. The van der Waals surface area contributed by atoms with E-state index in [-0.39, 0.29) is 5.92 Å². The topological polar surface area (TPSA) is 81.9 Å². The fourth-order valence-corrected chi connectivity index (χ4v) is 3.38. The Bertz CT molecular complexity index is 589. The monoisotopic (exact) mass is 314 g/mol. The summed E-state index contributed by atoms with van der Waals surface area (Å²) in [5.74, 6) is 1.44. The molecule has 1 aromatic carbocycles. The highest BCUT2D eigenvalue weighted by molar-refractivity contribution is 7.88. The van der Waals surface area contributed by atoms with Crippen LogP contribution in [0.15, 0.2) is 18.2 Å². The number of nitrogens with two attached hydrogens (primary N) is 1. The summed E-state index contributed by atoms with van der Waals surface area (Å²) in [5, 5.41) is 0. The number of anilines is 1. The van der Waals surface area contributed by atoms with Gasteiger partial charge in [0.25, 0.3) is 0 Å². The molecule has 118 valence electrons. The molecule has 0 aromatic heterocycles. The Morgan fingerprint density at radius 1 is 1.43 bits per heavy atom. The lowest BCUT2D eigenvalue weighted by molar-refractivity contribution is 0.181. The summed E-state index contributed by atoms with van der Waals surface area (Å²) < 4.78 is 35.6. The quantitative estimate of drug-likeness (QED) is 0.829. The highest BCUT2D eigenvalue weighted by atomic mass is 32.2. The molecule has 1 aliphatic rings. The molecule has 2 rings (SSSR count). The van der Waals surface area contributed by atoms with Gasteiger partial charge in [-0.25, -0.2) is 12.7 Å². The standard InChI is InChI=1S/C14H22N2O4S/c1-19-12-5-6-13(15)14(8-12)20-10-11-4-3-7-16(9-11)21(2,17)18/h5-6,8,11H,3-4,7,9-10,15H2,1-2H3. The van der Waals surface area contributed by atoms with Crippen molar-refractivity contribution in [3.63, 3.8) is 0 Å². The number of ether oxygens (including phenoxy) is 2. The third-order valence-corrected chi connectivity index (χ3v) is 4.92. The van der Waals surface area contributed by atoms with E-state index >= 15 is 0 Å². The van der Waals surface area contributed by atoms with Crippen LogP contribution in [-0.2, 0) is 10.0 Å². The molecule has 0 spiro atoms. The number of nitrogen functional groups attached to an aromatic ring is 1. The molecule has 1 unspecified atom stereocenters. The number of nitrogens with zero attached hydrogens (tertiary/aromatic N) is 1. The molecule has 1 aromatic rings. The minimum absolute atomic E-state index is 0.180. The first-order chi connectivity index (χ1) is 9.90. The largest absolute Gasteiger partial charge is 0.497 e. The van der Waals surface area contributed by atoms with Crippen molar-refractivity contribution >= 4 is 15.7 Å². The highest BCUT2D eigenvalue weighted by Crippen LogP contribution is 2.28. The fourth-order valence-electron chi connectivity index (χ4n) is 2.44. The van der Waals surface area contributed by atoms with Crippen molar-refractivity contribution in [2.45, 2.75) is 12.8 Å². The van der Waals surface area contributed by atoms with Gasteiger partial charge in [-0.2, -0.15) is 0 Å². The van der Waals surface area contributed by atoms with Gasteiger partial charge >= 0.3 is 0 Å². The van der Waals surface area contributed by atoms with Crippen LogP contribution in [-0.4, -0.2) is 45.8 Å². The molecule has 6 nitrogen and oxygen atoms in total. The molecule has 1 heterocycles. The molecule has 1 fully saturated rings. The predicted molar refractivity (Wildman–Crippen MR) is 82.0 cm³/mol. The van der Waals surface area contributed by atoms with Gasteiger partial charge < -0.3 is 15.2 Å². The van der Waals surface area contributed by atoms with E-state index in [0.717, 1.165) is 12.8 Å². The summed E-state index contributed by atoms with van der Waals surface area (Å²) in [4.78, 5) is 0. The number of benzene rings is 1. The van der Waals surface area contributed by atoms with E-state index in [4.69, 9.17) is 15.2 Å². The van der Waals surface area contributed by atoms with Crippen LogP contribution < -0.4 is 15.2 Å². The van der Waals surface area contributed by atoms with Crippen LogP contribution in [0, 0.1) is 5.92 Å². The smallest absolute Gasteiger partial charge is 0.211 e. The average Bonchev–Trinajstić information content (AvgIpc) is 2.46. The Morgan fingerprint density at radius 3 is 2.86 bits per heavy atom. The van der Waals surface area contributed by atoms with Crippen LogP contribution in [0.4, 0.5) is 5.69 Å². The molecule has 0 aliphatic carbocycles. The SMILES string of the molecule is COc1ccc(N)c(OCC2CCCN(S(C)(=O)=O)C2)c1. The van der Waals surface area contributed by atoms with Crippen molar-refractivity contribution in [1.82, 2.24) is 4.31 Å². The average molecular weight is 314 g/mol. The molecule has 21 heavy (non-hydrogen) atoms. The summed E-state index contributed by atoms with van der Waals surface area (Å²) in [6, 6.07) is 5.25. The second kappa shape index (κ2) is 6.53. The number of methoxy groups -OCH3 is 1. The van der Waals surface area contributed by atoms with Crippen molar-refractivity contribution < 1.29 is 17.9 Å². The number of sulfonamides is 1. The zero-order valence-electron chi connectivity index (χ0n) is 12.4. The van der Waals surface area contributed by atoms with Crippen molar-refractivity contribution in [3.8, 4) is 11.5 Å².